The molecule has 0 aliphatic heterocycles. The Labute approximate surface area is 83.4 Å². The standard InChI is InChI=1S/C8H8BrNO3/c1-2-13-8(12)6-3-5(9)7(4-11)10-6/h3-4,10H,2H2,1H3. The molecule has 1 aromatic heterocycles. The maximum absolute atomic E-state index is 11.1. The summed E-state index contributed by atoms with van der Waals surface area (Å²) in [5.41, 5.74) is 0.610. The first kappa shape index (κ1) is 9.98. The number of carbonyl (C=O) groups excluding carboxylic acids is 2. The smallest absolute Gasteiger partial charge is 0.354 e. The molecule has 4 nitrogen and oxygen atoms in total. The van der Waals surface area contributed by atoms with Gasteiger partial charge in [-0.2, -0.15) is 0 Å². The lowest BCUT2D eigenvalue weighted by molar-refractivity contribution is 0.0520. The van der Waals surface area contributed by atoms with Crippen LogP contribution in [0.3, 0.4) is 0 Å². The van der Waals surface area contributed by atoms with Crippen LogP contribution in [0.4, 0.5) is 0 Å². The van der Waals surface area contributed by atoms with Crippen molar-refractivity contribution in [3.05, 3.63) is 21.9 Å². The van der Waals surface area contributed by atoms with Gasteiger partial charge in [-0.05, 0) is 28.9 Å². The fourth-order valence-corrected chi connectivity index (χ4v) is 1.27. The Kier molecular flexibility index (Phi) is 3.25. The van der Waals surface area contributed by atoms with Gasteiger partial charge in [-0.25, -0.2) is 4.79 Å². The fourth-order valence-electron chi connectivity index (χ4n) is 0.850. The molecule has 1 rings (SSSR count). The van der Waals surface area contributed by atoms with E-state index < -0.39 is 5.97 Å². The first-order valence-electron chi connectivity index (χ1n) is 3.69. The van der Waals surface area contributed by atoms with Gasteiger partial charge < -0.3 is 9.72 Å². The summed E-state index contributed by atoms with van der Waals surface area (Å²) in [6.45, 7) is 2.03. The molecule has 13 heavy (non-hydrogen) atoms. The minimum atomic E-state index is -0.462. The van der Waals surface area contributed by atoms with Gasteiger partial charge in [-0.1, -0.05) is 0 Å². The van der Waals surface area contributed by atoms with Crippen molar-refractivity contribution in [3.63, 3.8) is 0 Å². The molecule has 0 saturated carbocycles. The molecule has 0 aromatic carbocycles. The lowest BCUT2D eigenvalue weighted by atomic mass is 10.4. The highest BCUT2D eigenvalue weighted by Crippen LogP contribution is 2.16. The maximum atomic E-state index is 11.1. The quantitative estimate of drug-likeness (QED) is 0.653. The van der Waals surface area contributed by atoms with Crippen LogP contribution in [0.5, 0.6) is 0 Å². The van der Waals surface area contributed by atoms with Crippen molar-refractivity contribution in [1.29, 1.82) is 0 Å². The highest BCUT2D eigenvalue weighted by Gasteiger charge is 2.12. The van der Waals surface area contributed by atoms with E-state index in [1.807, 2.05) is 0 Å². The van der Waals surface area contributed by atoms with Crippen LogP contribution in [0.25, 0.3) is 0 Å². The van der Waals surface area contributed by atoms with Crippen molar-refractivity contribution in [2.75, 3.05) is 6.61 Å². The number of hydrogen-bond donors (Lipinski definition) is 1. The van der Waals surface area contributed by atoms with Gasteiger partial charge in [-0.15, -0.1) is 0 Å². The molecule has 0 fully saturated rings. The SMILES string of the molecule is CCOC(=O)c1cc(Br)c(C=O)[nH]1. The molecule has 1 aromatic rings. The van der Waals surface area contributed by atoms with E-state index in [-0.39, 0.29) is 5.69 Å². The Hall–Kier alpha value is -1.10. The number of hydrogen-bond acceptors (Lipinski definition) is 3. The van der Waals surface area contributed by atoms with Gasteiger partial charge in [0.25, 0.3) is 0 Å². The maximum Gasteiger partial charge on any atom is 0.354 e. The van der Waals surface area contributed by atoms with Crippen molar-refractivity contribution in [2.45, 2.75) is 6.92 Å². The zero-order chi connectivity index (χ0) is 9.84. The number of ether oxygens (including phenoxy) is 1. The molecule has 0 amide bonds. The predicted octanol–water partition coefficient (Wildman–Crippen LogP) is 1.77. The summed E-state index contributed by atoms with van der Waals surface area (Å²) in [7, 11) is 0. The molecule has 0 spiro atoms. The number of carbonyl (C=O) groups is 2. The third-order valence-electron chi connectivity index (χ3n) is 1.41. The van der Waals surface area contributed by atoms with E-state index in [1.54, 1.807) is 6.92 Å². The van der Waals surface area contributed by atoms with Gasteiger partial charge in [-0.3, -0.25) is 4.79 Å². The number of halogens is 1. The van der Waals surface area contributed by atoms with Crippen LogP contribution in [0.1, 0.15) is 27.9 Å². The number of rotatable bonds is 3. The van der Waals surface area contributed by atoms with Crippen molar-refractivity contribution >= 4 is 28.2 Å². The molecular formula is C8H8BrNO3. The van der Waals surface area contributed by atoms with E-state index in [2.05, 4.69) is 20.9 Å². The molecule has 5 heteroatoms. The summed E-state index contributed by atoms with van der Waals surface area (Å²) in [4.78, 5) is 24.2. The van der Waals surface area contributed by atoms with E-state index in [0.29, 0.717) is 23.1 Å². The molecule has 1 heterocycles. The molecule has 0 aliphatic carbocycles. The lowest BCUT2D eigenvalue weighted by Gasteiger charge is -1.96. The molecule has 0 bridgehead atoms. The largest absolute Gasteiger partial charge is 0.461 e. The third-order valence-corrected chi connectivity index (χ3v) is 2.07. The van der Waals surface area contributed by atoms with Gasteiger partial charge in [0.1, 0.15) is 5.69 Å². The molecule has 70 valence electrons. The molecule has 0 unspecified atom stereocenters. The summed E-state index contributed by atoms with van der Waals surface area (Å²) >= 11 is 3.13. The summed E-state index contributed by atoms with van der Waals surface area (Å²) in [6.07, 6.45) is 0.632. The normalized spacial score (nSPS) is 9.69. The highest BCUT2D eigenvalue weighted by atomic mass is 79.9. The Morgan fingerprint density at radius 3 is 2.92 bits per heavy atom. The highest BCUT2D eigenvalue weighted by molar-refractivity contribution is 9.10. The average Bonchev–Trinajstić information content (AvgIpc) is 2.47. The first-order valence-corrected chi connectivity index (χ1v) is 4.49. The van der Waals surface area contributed by atoms with Gasteiger partial charge in [0.15, 0.2) is 6.29 Å². The predicted molar refractivity (Wildman–Crippen MR) is 49.8 cm³/mol. The Morgan fingerprint density at radius 2 is 2.46 bits per heavy atom. The van der Waals surface area contributed by atoms with Crippen molar-refractivity contribution in [1.82, 2.24) is 4.98 Å². The van der Waals surface area contributed by atoms with Gasteiger partial charge in [0.2, 0.25) is 0 Å². The second kappa shape index (κ2) is 4.23. The third kappa shape index (κ3) is 2.18. The first-order chi connectivity index (χ1) is 6.19. The number of aldehydes is 1. The fraction of sp³-hybridized carbons (Fsp3) is 0.250. The summed E-state index contributed by atoms with van der Waals surface area (Å²) < 4.78 is 5.29. The molecule has 0 aliphatic rings. The molecule has 0 saturated heterocycles. The number of aromatic nitrogens is 1. The average molecular weight is 246 g/mol. The Morgan fingerprint density at radius 1 is 1.77 bits per heavy atom. The van der Waals surface area contributed by atoms with E-state index >= 15 is 0 Å². The van der Waals surface area contributed by atoms with Crippen LogP contribution in [-0.2, 0) is 4.74 Å². The minimum absolute atomic E-state index is 0.274. The van der Waals surface area contributed by atoms with Gasteiger partial charge in [0, 0.05) is 4.47 Å². The number of H-pyrrole nitrogens is 1. The number of nitrogens with one attached hydrogen (secondary N) is 1. The van der Waals surface area contributed by atoms with Crippen LogP contribution < -0.4 is 0 Å². The minimum Gasteiger partial charge on any atom is -0.461 e. The van der Waals surface area contributed by atoms with Crippen LogP contribution in [0, 0.1) is 0 Å². The second-order valence-electron chi connectivity index (χ2n) is 2.28. The summed E-state index contributed by atoms with van der Waals surface area (Å²) in [5, 5.41) is 0. The van der Waals surface area contributed by atoms with Gasteiger partial charge >= 0.3 is 5.97 Å². The molecule has 0 radical (unpaired) electrons. The molecular weight excluding hydrogens is 238 g/mol. The molecule has 0 atom stereocenters. The number of aromatic amines is 1. The zero-order valence-electron chi connectivity index (χ0n) is 6.96. The van der Waals surface area contributed by atoms with Crippen molar-refractivity contribution in [2.24, 2.45) is 0 Å². The van der Waals surface area contributed by atoms with E-state index in [0.717, 1.165) is 0 Å². The monoisotopic (exact) mass is 245 g/mol. The number of esters is 1. The van der Waals surface area contributed by atoms with E-state index in [1.165, 1.54) is 6.07 Å². The molecule has 1 N–H and O–H groups in total. The summed E-state index contributed by atoms with van der Waals surface area (Å²) in [5.74, 6) is -0.462. The zero-order valence-corrected chi connectivity index (χ0v) is 8.55. The summed E-state index contributed by atoms with van der Waals surface area (Å²) in [6, 6.07) is 1.52. The second-order valence-corrected chi connectivity index (χ2v) is 3.14. The van der Waals surface area contributed by atoms with Crippen LogP contribution in [0.15, 0.2) is 10.5 Å². The van der Waals surface area contributed by atoms with Crippen LogP contribution in [0.2, 0.25) is 0 Å². The topological polar surface area (TPSA) is 59.2 Å². The van der Waals surface area contributed by atoms with Crippen LogP contribution in [-0.4, -0.2) is 23.8 Å². The van der Waals surface area contributed by atoms with E-state index in [4.69, 9.17) is 4.74 Å². The Balaban J connectivity index is 2.90. The van der Waals surface area contributed by atoms with Crippen molar-refractivity contribution < 1.29 is 14.3 Å². The lowest BCUT2D eigenvalue weighted by Crippen LogP contribution is -2.04. The van der Waals surface area contributed by atoms with Crippen LogP contribution >= 0.6 is 15.9 Å². The van der Waals surface area contributed by atoms with E-state index in [9.17, 15) is 9.59 Å². The van der Waals surface area contributed by atoms with Gasteiger partial charge in [0.05, 0.1) is 12.3 Å². The van der Waals surface area contributed by atoms with Crippen molar-refractivity contribution in [3.8, 4) is 0 Å². The Bertz CT molecular complexity index is 332.